The fraction of sp³-hybridized carbons (Fsp3) is 0.381. The number of carbonyl (C=O) groups excluding carboxylic acids is 2. The molecule has 0 bridgehead atoms. The van der Waals surface area contributed by atoms with Crippen molar-refractivity contribution in [3.05, 3.63) is 58.4 Å². The standard InChI is InChI=1S/C21H22N4O4/c1-13-5-7-16-17(10-13)21(27)24(20(16)26)15-6-8-18(19(11-15)25(28)29)23-12-14-4-2-3-9-22-14/h2-4,6,8-9,11,13,16-17,23H,5,7,10,12H2,1H3/t13-,16+,17-/m1/s1. The summed E-state index contributed by atoms with van der Waals surface area (Å²) >= 11 is 0. The van der Waals surface area contributed by atoms with Gasteiger partial charge in [-0.15, -0.1) is 0 Å². The monoisotopic (exact) mass is 394 g/mol. The Morgan fingerprint density at radius 1 is 1.17 bits per heavy atom. The lowest BCUT2D eigenvalue weighted by atomic mass is 9.76. The number of nitro groups is 1. The first-order valence-corrected chi connectivity index (χ1v) is 9.75. The lowest BCUT2D eigenvalue weighted by Gasteiger charge is -2.25. The Bertz CT molecular complexity index is 962. The van der Waals surface area contributed by atoms with Crippen LogP contribution in [-0.2, 0) is 16.1 Å². The Balaban J connectivity index is 1.60. The van der Waals surface area contributed by atoms with Crippen LogP contribution in [0.3, 0.4) is 0 Å². The number of hydrogen-bond acceptors (Lipinski definition) is 6. The first-order chi connectivity index (χ1) is 14.0. The molecular formula is C21H22N4O4. The molecule has 1 N–H and O–H groups in total. The topological polar surface area (TPSA) is 105 Å². The van der Waals surface area contributed by atoms with Gasteiger partial charge in [-0.2, -0.15) is 0 Å². The predicted octanol–water partition coefficient (Wildman–Crippen LogP) is 3.53. The van der Waals surface area contributed by atoms with Gasteiger partial charge in [-0.25, -0.2) is 4.90 Å². The average molecular weight is 394 g/mol. The number of rotatable bonds is 5. The van der Waals surface area contributed by atoms with E-state index < -0.39 is 4.92 Å². The van der Waals surface area contributed by atoms with Gasteiger partial charge in [-0.1, -0.05) is 13.0 Å². The van der Waals surface area contributed by atoms with Crippen LogP contribution in [0.4, 0.5) is 17.1 Å². The zero-order valence-electron chi connectivity index (χ0n) is 16.1. The van der Waals surface area contributed by atoms with Crippen LogP contribution in [0.1, 0.15) is 31.9 Å². The summed E-state index contributed by atoms with van der Waals surface area (Å²) in [5.74, 6) is -0.696. The van der Waals surface area contributed by atoms with Crippen molar-refractivity contribution in [1.82, 2.24) is 4.98 Å². The second-order valence-electron chi connectivity index (χ2n) is 7.78. The summed E-state index contributed by atoms with van der Waals surface area (Å²) in [5.41, 5.74) is 1.14. The average Bonchev–Trinajstić information content (AvgIpc) is 2.97. The number of nitro benzene ring substituents is 1. The smallest absolute Gasteiger partial charge is 0.294 e. The third-order valence-corrected chi connectivity index (χ3v) is 5.81. The number of carbonyl (C=O) groups is 2. The molecule has 4 rings (SSSR count). The van der Waals surface area contributed by atoms with Crippen LogP contribution in [-0.4, -0.2) is 21.7 Å². The van der Waals surface area contributed by atoms with Crippen molar-refractivity contribution in [2.75, 3.05) is 10.2 Å². The van der Waals surface area contributed by atoms with E-state index in [9.17, 15) is 19.7 Å². The van der Waals surface area contributed by atoms with E-state index in [0.29, 0.717) is 31.0 Å². The highest BCUT2D eigenvalue weighted by molar-refractivity contribution is 6.22. The molecule has 2 heterocycles. The van der Waals surface area contributed by atoms with Crippen molar-refractivity contribution in [2.24, 2.45) is 17.8 Å². The third kappa shape index (κ3) is 3.57. The van der Waals surface area contributed by atoms with Crippen LogP contribution in [0.25, 0.3) is 0 Å². The summed E-state index contributed by atoms with van der Waals surface area (Å²) < 4.78 is 0. The molecule has 1 aromatic carbocycles. The van der Waals surface area contributed by atoms with Gasteiger partial charge in [0.2, 0.25) is 11.8 Å². The largest absolute Gasteiger partial charge is 0.374 e. The molecule has 29 heavy (non-hydrogen) atoms. The van der Waals surface area contributed by atoms with Crippen molar-refractivity contribution >= 4 is 28.9 Å². The zero-order chi connectivity index (χ0) is 20.5. The first kappa shape index (κ1) is 19.0. The number of fused-ring (bicyclic) bond motifs is 1. The molecule has 2 amide bonds. The molecule has 2 aliphatic rings. The highest BCUT2D eigenvalue weighted by Gasteiger charge is 2.50. The highest BCUT2D eigenvalue weighted by atomic mass is 16.6. The quantitative estimate of drug-likeness (QED) is 0.472. The van der Waals surface area contributed by atoms with Crippen LogP contribution < -0.4 is 10.2 Å². The van der Waals surface area contributed by atoms with E-state index in [1.54, 1.807) is 24.4 Å². The van der Waals surface area contributed by atoms with E-state index in [2.05, 4.69) is 17.2 Å². The number of amides is 2. The van der Waals surface area contributed by atoms with Crippen molar-refractivity contribution in [1.29, 1.82) is 0 Å². The number of anilines is 2. The summed E-state index contributed by atoms with van der Waals surface area (Å²) in [6.45, 7) is 2.41. The maximum absolute atomic E-state index is 12.9. The minimum atomic E-state index is -0.510. The van der Waals surface area contributed by atoms with Crippen LogP contribution in [0.15, 0.2) is 42.6 Å². The van der Waals surface area contributed by atoms with E-state index in [4.69, 9.17) is 0 Å². The second-order valence-corrected chi connectivity index (χ2v) is 7.78. The minimum absolute atomic E-state index is 0.178. The molecule has 150 valence electrons. The van der Waals surface area contributed by atoms with E-state index in [0.717, 1.165) is 17.0 Å². The molecule has 0 spiro atoms. The van der Waals surface area contributed by atoms with Gasteiger partial charge in [-0.05, 0) is 49.4 Å². The van der Waals surface area contributed by atoms with Crippen molar-refractivity contribution in [3.8, 4) is 0 Å². The lowest BCUT2D eigenvalue weighted by molar-refractivity contribution is -0.383. The van der Waals surface area contributed by atoms with Gasteiger partial charge in [0.1, 0.15) is 5.69 Å². The molecule has 2 fully saturated rings. The van der Waals surface area contributed by atoms with Gasteiger partial charge in [0, 0.05) is 12.3 Å². The third-order valence-electron chi connectivity index (χ3n) is 5.81. The number of pyridine rings is 1. The fourth-order valence-corrected chi connectivity index (χ4v) is 4.29. The van der Waals surface area contributed by atoms with Gasteiger partial charge < -0.3 is 5.32 Å². The van der Waals surface area contributed by atoms with E-state index in [1.807, 2.05) is 12.1 Å². The Labute approximate surface area is 168 Å². The molecule has 0 radical (unpaired) electrons. The summed E-state index contributed by atoms with van der Waals surface area (Å²) in [4.78, 5) is 42.2. The normalized spacial score (nSPS) is 23.8. The molecule has 3 atom stereocenters. The molecule has 8 nitrogen and oxygen atoms in total. The van der Waals surface area contributed by atoms with E-state index >= 15 is 0 Å². The first-order valence-electron chi connectivity index (χ1n) is 9.75. The summed E-state index contributed by atoms with van der Waals surface area (Å²) in [6, 6.07) is 9.89. The molecule has 1 saturated heterocycles. The summed E-state index contributed by atoms with van der Waals surface area (Å²) in [7, 11) is 0. The Hall–Kier alpha value is -3.29. The van der Waals surface area contributed by atoms with Gasteiger partial charge >= 0.3 is 0 Å². The molecule has 2 aromatic rings. The second kappa shape index (κ2) is 7.62. The van der Waals surface area contributed by atoms with Gasteiger partial charge in [0.25, 0.3) is 5.69 Å². The van der Waals surface area contributed by atoms with Gasteiger partial charge in [0.15, 0.2) is 0 Å². The molecule has 0 unspecified atom stereocenters. The Morgan fingerprint density at radius 2 is 1.97 bits per heavy atom. The van der Waals surface area contributed by atoms with E-state index in [1.165, 1.54) is 6.07 Å². The number of benzene rings is 1. The van der Waals surface area contributed by atoms with Gasteiger partial charge in [0.05, 0.1) is 34.7 Å². The van der Waals surface area contributed by atoms with Crippen LogP contribution >= 0.6 is 0 Å². The maximum atomic E-state index is 12.9. The number of nitrogens with one attached hydrogen (secondary N) is 1. The van der Waals surface area contributed by atoms with Crippen LogP contribution in [0.2, 0.25) is 0 Å². The summed E-state index contributed by atoms with van der Waals surface area (Å²) in [6.07, 6.45) is 3.96. The SMILES string of the molecule is C[C@@H]1CC[C@@H]2C(=O)N(c3ccc(NCc4ccccn4)c([N+](=O)[O-])c3)C(=O)[C@@H]2C1. The number of imide groups is 1. The minimum Gasteiger partial charge on any atom is -0.374 e. The molecule has 1 aromatic heterocycles. The predicted molar refractivity (Wildman–Crippen MR) is 107 cm³/mol. The van der Waals surface area contributed by atoms with Gasteiger partial charge in [-0.3, -0.25) is 24.7 Å². The number of hydrogen-bond donors (Lipinski definition) is 1. The Kier molecular flexibility index (Phi) is 5.00. The fourth-order valence-electron chi connectivity index (χ4n) is 4.29. The molecule has 1 aliphatic heterocycles. The molecule has 1 saturated carbocycles. The molecular weight excluding hydrogens is 372 g/mol. The lowest BCUT2D eigenvalue weighted by Crippen LogP contribution is -2.31. The van der Waals surface area contributed by atoms with Crippen LogP contribution in [0.5, 0.6) is 0 Å². The van der Waals surface area contributed by atoms with Crippen molar-refractivity contribution < 1.29 is 14.5 Å². The van der Waals surface area contributed by atoms with E-state index in [-0.39, 0.29) is 35.0 Å². The highest BCUT2D eigenvalue weighted by Crippen LogP contribution is 2.43. The number of aromatic nitrogens is 1. The maximum Gasteiger partial charge on any atom is 0.294 e. The molecule has 1 aliphatic carbocycles. The molecule has 8 heteroatoms. The van der Waals surface area contributed by atoms with Crippen molar-refractivity contribution in [3.63, 3.8) is 0 Å². The Morgan fingerprint density at radius 3 is 2.69 bits per heavy atom. The number of nitrogens with zero attached hydrogens (tertiary/aromatic N) is 3. The summed E-state index contributed by atoms with van der Waals surface area (Å²) in [5, 5.41) is 14.6. The van der Waals surface area contributed by atoms with Crippen molar-refractivity contribution in [2.45, 2.75) is 32.7 Å². The zero-order valence-corrected chi connectivity index (χ0v) is 16.1. The van der Waals surface area contributed by atoms with Crippen LogP contribution in [0, 0.1) is 27.9 Å².